The minimum Gasteiger partial charge on any atom is -0.311 e. The van der Waals surface area contributed by atoms with Gasteiger partial charge in [0.2, 0.25) is 0 Å². The van der Waals surface area contributed by atoms with E-state index in [-0.39, 0.29) is 0 Å². The molecule has 0 radical (unpaired) electrons. The van der Waals surface area contributed by atoms with E-state index in [1.54, 1.807) is 0 Å². The fraction of sp³-hybridized carbons (Fsp3) is 1.00. The van der Waals surface area contributed by atoms with E-state index in [2.05, 4.69) is 44.8 Å². The second-order valence-electron chi connectivity index (χ2n) is 5.92. The molecule has 1 rings (SSSR count). The number of nitrogens with one attached hydrogen (secondary N) is 1. The molecule has 1 saturated heterocycles. The monoisotopic (exact) mass is 226 g/mol. The zero-order valence-corrected chi connectivity index (χ0v) is 11.8. The van der Waals surface area contributed by atoms with Crippen molar-refractivity contribution in [2.45, 2.75) is 59.5 Å². The Bertz CT molecular complexity index is 191. The molecular formula is C14H30N2. The quantitative estimate of drug-likeness (QED) is 0.775. The molecule has 1 heterocycles. The van der Waals surface area contributed by atoms with Gasteiger partial charge in [0.15, 0.2) is 0 Å². The van der Waals surface area contributed by atoms with Crippen molar-refractivity contribution in [1.29, 1.82) is 0 Å². The van der Waals surface area contributed by atoms with Gasteiger partial charge in [-0.3, -0.25) is 4.90 Å². The third-order valence-corrected chi connectivity index (χ3v) is 4.08. The first-order valence-corrected chi connectivity index (χ1v) is 7.02. The number of piperazine rings is 1. The fourth-order valence-corrected chi connectivity index (χ4v) is 2.37. The molecule has 1 N–H and O–H groups in total. The number of nitrogens with zero attached hydrogens (tertiary/aromatic N) is 1. The zero-order valence-electron chi connectivity index (χ0n) is 11.8. The normalized spacial score (nSPS) is 29.6. The van der Waals surface area contributed by atoms with Crippen LogP contribution >= 0.6 is 0 Å². The molecule has 0 aromatic carbocycles. The SMILES string of the molecule is CCCC1CN(CC(C)C(C)C)C(C)CN1. The van der Waals surface area contributed by atoms with Crippen LogP contribution in [0.4, 0.5) is 0 Å². The Balaban J connectivity index is 2.43. The summed E-state index contributed by atoms with van der Waals surface area (Å²) < 4.78 is 0. The van der Waals surface area contributed by atoms with Crippen LogP contribution < -0.4 is 5.32 Å². The van der Waals surface area contributed by atoms with Crippen molar-refractivity contribution in [3.05, 3.63) is 0 Å². The van der Waals surface area contributed by atoms with Crippen molar-refractivity contribution in [3.63, 3.8) is 0 Å². The molecule has 0 bridgehead atoms. The van der Waals surface area contributed by atoms with Gasteiger partial charge in [-0.2, -0.15) is 0 Å². The van der Waals surface area contributed by atoms with Gasteiger partial charge in [0, 0.05) is 31.7 Å². The summed E-state index contributed by atoms with van der Waals surface area (Å²) in [5.74, 6) is 1.61. The maximum absolute atomic E-state index is 3.66. The van der Waals surface area contributed by atoms with E-state index >= 15 is 0 Å². The van der Waals surface area contributed by atoms with Crippen LogP contribution in [0.1, 0.15) is 47.5 Å². The van der Waals surface area contributed by atoms with E-state index in [9.17, 15) is 0 Å². The second kappa shape index (κ2) is 6.61. The molecule has 2 heteroatoms. The fourth-order valence-electron chi connectivity index (χ4n) is 2.37. The van der Waals surface area contributed by atoms with Gasteiger partial charge in [-0.05, 0) is 25.2 Å². The van der Waals surface area contributed by atoms with Crippen molar-refractivity contribution in [2.24, 2.45) is 11.8 Å². The van der Waals surface area contributed by atoms with Gasteiger partial charge in [0.25, 0.3) is 0 Å². The molecule has 3 unspecified atom stereocenters. The predicted octanol–water partition coefficient (Wildman–Crippen LogP) is 2.74. The second-order valence-corrected chi connectivity index (χ2v) is 5.92. The molecule has 0 amide bonds. The molecule has 16 heavy (non-hydrogen) atoms. The average molecular weight is 226 g/mol. The van der Waals surface area contributed by atoms with Crippen molar-refractivity contribution in [1.82, 2.24) is 10.2 Å². The van der Waals surface area contributed by atoms with E-state index in [1.165, 1.54) is 25.9 Å². The molecule has 1 aliphatic heterocycles. The standard InChI is InChI=1S/C14H30N2/c1-6-7-14-10-16(13(5)8-15-14)9-12(4)11(2)3/h11-15H,6-10H2,1-5H3. The first-order chi connectivity index (χ1) is 7.54. The minimum atomic E-state index is 0.703. The molecular weight excluding hydrogens is 196 g/mol. The molecule has 96 valence electrons. The van der Waals surface area contributed by atoms with Crippen LogP contribution in [0, 0.1) is 11.8 Å². The summed E-state index contributed by atoms with van der Waals surface area (Å²) in [4.78, 5) is 2.68. The summed E-state index contributed by atoms with van der Waals surface area (Å²) in [5.41, 5.74) is 0. The summed E-state index contributed by atoms with van der Waals surface area (Å²) in [5, 5.41) is 3.66. The third-order valence-electron chi connectivity index (χ3n) is 4.08. The van der Waals surface area contributed by atoms with E-state index in [0.717, 1.165) is 24.4 Å². The molecule has 2 nitrogen and oxygen atoms in total. The van der Waals surface area contributed by atoms with Crippen LogP contribution in [0.5, 0.6) is 0 Å². The number of hydrogen-bond donors (Lipinski definition) is 1. The van der Waals surface area contributed by atoms with E-state index in [4.69, 9.17) is 0 Å². The van der Waals surface area contributed by atoms with Crippen LogP contribution in [0.15, 0.2) is 0 Å². The highest BCUT2D eigenvalue weighted by atomic mass is 15.2. The van der Waals surface area contributed by atoms with Crippen molar-refractivity contribution in [2.75, 3.05) is 19.6 Å². The maximum atomic E-state index is 3.66. The van der Waals surface area contributed by atoms with Crippen molar-refractivity contribution >= 4 is 0 Å². The first-order valence-electron chi connectivity index (χ1n) is 7.02. The lowest BCUT2D eigenvalue weighted by Gasteiger charge is -2.40. The summed E-state index contributed by atoms with van der Waals surface area (Å²) in [6.07, 6.45) is 2.61. The molecule has 0 aromatic rings. The zero-order chi connectivity index (χ0) is 12.1. The highest BCUT2D eigenvalue weighted by Crippen LogP contribution is 2.16. The number of hydrogen-bond acceptors (Lipinski definition) is 2. The van der Waals surface area contributed by atoms with Crippen molar-refractivity contribution < 1.29 is 0 Å². The van der Waals surface area contributed by atoms with Crippen molar-refractivity contribution in [3.8, 4) is 0 Å². The van der Waals surface area contributed by atoms with E-state index in [0.29, 0.717) is 6.04 Å². The Morgan fingerprint density at radius 2 is 2.00 bits per heavy atom. The minimum absolute atomic E-state index is 0.703. The van der Waals surface area contributed by atoms with Gasteiger partial charge in [-0.15, -0.1) is 0 Å². The lowest BCUT2D eigenvalue weighted by molar-refractivity contribution is 0.109. The molecule has 0 aliphatic carbocycles. The average Bonchev–Trinajstić information content (AvgIpc) is 2.23. The van der Waals surface area contributed by atoms with Gasteiger partial charge in [0.1, 0.15) is 0 Å². The summed E-state index contributed by atoms with van der Waals surface area (Å²) >= 11 is 0. The first kappa shape index (κ1) is 14.0. The van der Waals surface area contributed by atoms with Crippen LogP contribution in [0.2, 0.25) is 0 Å². The highest BCUT2D eigenvalue weighted by molar-refractivity contribution is 4.84. The summed E-state index contributed by atoms with van der Waals surface area (Å²) in [7, 11) is 0. The van der Waals surface area contributed by atoms with Gasteiger partial charge in [-0.25, -0.2) is 0 Å². The summed E-state index contributed by atoms with van der Waals surface area (Å²) in [6.45, 7) is 15.3. The smallest absolute Gasteiger partial charge is 0.0195 e. The Labute approximate surface area is 102 Å². The van der Waals surface area contributed by atoms with Gasteiger partial charge in [0.05, 0.1) is 0 Å². The third kappa shape index (κ3) is 4.06. The van der Waals surface area contributed by atoms with E-state index in [1.807, 2.05) is 0 Å². The van der Waals surface area contributed by atoms with Gasteiger partial charge in [-0.1, -0.05) is 34.1 Å². The van der Waals surface area contributed by atoms with Crippen LogP contribution in [0.25, 0.3) is 0 Å². The van der Waals surface area contributed by atoms with Crippen LogP contribution in [0.3, 0.4) is 0 Å². The maximum Gasteiger partial charge on any atom is 0.0195 e. The molecule has 0 spiro atoms. The highest BCUT2D eigenvalue weighted by Gasteiger charge is 2.25. The predicted molar refractivity (Wildman–Crippen MR) is 71.7 cm³/mol. The van der Waals surface area contributed by atoms with Crippen LogP contribution in [-0.2, 0) is 0 Å². The molecule has 0 saturated carbocycles. The van der Waals surface area contributed by atoms with E-state index < -0.39 is 0 Å². The Kier molecular flexibility index (Phi) is 5.77. The Morgan fingerprint density at radius 3 is 2.56 bits per heavy atom. The Hall–Kier alpha value is -0.0800. The lowest BCUT2D eigenvalue weighted by Crippen LogP contribution is -2.56. The molecule has 1 aliphatic rings. The number of rotatable bonds is 5. The van der Waals surface area contributed by atoms with Gasteiger partial charge < -0.3 is 5.32 Å². The van der Waals surface area contributed by atoms with Crippen LogP contribution in [-0.4, -0.2) is 36.6 Å². The molecule has 1 fully saturated rings. The topological polar surface area (TPSA) is 15.3 Å². The molecule has 3 atom stereocenters. The molecule has 0 aromatic heterocycles. The lowest BCUT2D eigenvalue weighted by atomic mass is 9.95. The Morgan fingerprint density at radius 1 is 1.31 bits per heavy atom. The van der Waals surface area contributed by atoms with Gasteiger partial charge >= 0.3 is 0 Å². The largest absolute Gasteiger partial charge is 0.311 e. The summed E-state index contributed by atoms with van der Waals surface area (Å²) in [6, 6.07) is 1.43.